The van der Waals surface area contributed by atoms with Gasteiger partial charge in [0.1, 0.15) is 19.3 Å². The van der Waals surface area contributed by atoms with Crippen molar-refractivity contribution in [2.45, 2.75) is 406 Å². The first kappa shape index (κ1) is 91.1. The van der Waals surface area contributed by atoms with Crippen LogP contribution in [0, 0.1) is 5.92 Å². The molecule has 0 saturated carbocycles. The largest absolute Gasteiger partial charge is 0.472 e. The molecule has 0 radical (unpaired) electrons. The molecule has 0 aliphatic heterocycles. The third-order valence-electron chi connectivity index (χ3n) is 17.3. The zero-order chi connectivity index (χ0) is 68.4. The number of unbranched alkanes of at least 4 members (excludes halogenated alkanes) is 46. The maximum Gasteiger partial charge on any atom is 0.472 e. The Morgan fingerprint density at radius 3 is 0.731 bits per heavy atom. The summed E-state index contributed by atoms with van der Waals surface area (Å²) in [6.45, 7) is 7.30. The Morgan fingerprint density at radius 1 is 0.290 bits per heavy atom. The predicted octanol–water partition coefficient (Wildman–Crippen LogP) is 21.7. The Morgan fingerprint density at radius 2 is 0.495 bits per heavy atom. The molecular weight excluding hydrogens is 1220 g/mol. The molecule has 5 atom stereocenters. The molecule has 17 nitrogen and oxygen atoms in total. The van der Waals surface area contributed by atoms with E-state index in [0.29, 0.717) is 25.7 Å². The molecule has 0 spiro atoms. The minimum Gasteiger partial charge on any atom is -0.462 e. The van der Waals surface area contributed by atoms with Crippen LogP contribution < -0.4 is 0 Å². The summed E-state index contributed by atoms with van der Waals surface area (Å²) in [6, 6.07) is 0. The maximum atomic E-state index is 13.1. The van der Waals surface area contributed by atoms with Crippen LogP contribution in [0.4, 0.5) is 0 Å². The lowest BCUT2D eigenvalue weighted by atomic mass is 10.0. The van der Waals surface area contributed by atoms with Gasteiger partial charge in [0, 0.05) is 25.7 Å². The Labute approximate surface area is 568 Å². The van der Waals surface area contributed by atoms with Crippen LogP contribution in [0.1, 0.15) is 388 Å². The number of hydrogen-bond donors (Lipinski definition) is 3. The second kappa shape index (κ2) is 67.3. The lowest BCUT2D eigenvalue weighted by Gasteiger charge is -2.21. The minimum absolute atomic E-state index is 0.107. The van der Waals surface area contributed by atoms with E-state index in [1.54, 1.807) is 0 Å². The summed E-state index contributed by atoms with van der Waals surface area (Å²) in [7, 11) is -9.90. The number of esters is 4. The summed E-state index contributed by atoms with van der Waals surface area (Å²) in [5.41, 5.74) is 0. The van der Waals surface area contributed by atoms with Crippen LogP contribution in [-0.4, -0.2) is 96.7 Å². The molecule has 0 aromatic rings. The van der Waals surface area contributed by atoms with Gasteiger partial charge < -0.3 is 33.8 Å². The van der Waals surface area contributed by atoms with Crippen molar-refractivity contribution in [1.29, 1.82) is 0 Å². The van der Waals surface area contributed by atoms with Gasteiger partial charge in [-0.25, -0.2) is 9.13 Å². The van der Waals surface area contributed by atoms with E-state index < -0.39 is 97.5 Å². The quantitative estimate of drug-likeness (QED) is 0.0222. The second-order valence-electron chi connectivity index (χ2n) is 27.2. The van der Waals surface area contributed by atoms with Gasteiger partial charge in [-0.3, -0.25) is 37.3 Å². The van der Waals surface area contributed by atoms with E-state index in [-0.39, 0.29) is 25.7 Å². The molecule has 19 heteroatoms. The molecule has 0 fully saturated rings. The third-order valence-corrected chi connectivity index (χ3v) is 19.2. The van der Waals surface area contributed by atoms with Crippen LogP contribution in [0.3, 0.4) is 0 Å². The van der Waals surface area contributed by atoms with Crippen LogP contribution in [-0.2, 0) is 65.4 Å². The molecule has 0 aliphatic rings. The van der Waals surface area contributed by atoms with Crippen molar-refractivity contribution in [2.24, 2.45) is 5.92 Å². The highest BCUT2D eigenvalue weighted by molar-refractivity contribution is 7.47. The number of phosphoric ester groups is 2. The molecular formula is C74H144O17P2. The van der Waals surface area contributed by atoms with Gasteiger partial charge in [0.15, 0.2) is 12.2 Å². The van der Waals surface area contributed by atoms with E-state index in [1.807, 2.05) is 0 Å². The Kier molecular flexibility index (Phi) is 65.9. The van der Waals surface area contributed by atoms with Gasteiger partial charge in [-0.05, 0) is 31.6 Å². The van der Waals surface area contributed by atoms with E-state index in [0.717, 1.165) is 95.8 Å². The van der Waals surface area contributed by atoms with Gasteiger partial charge in [-0.15, -0.1) is 0 Å². The van der Waals surface area contributed by atoms with Gasteiger partial charge in [0.25, 0.3) is 0 Å². The normalized spacial score (nSPS) is 14.0. The second-order valence-corrected chi connectivity index (χ2v) is 30.1. The van der Waals surface area contributed by atoms with E-state index >= 15 is 0 Å². The SMILES string of the molecule is CCCCCCCCCCCCCCCCC(=O)OC[C@H](COP(=O)(O)OC[C@@H](O)COP(=O)(O)OC[C@@H](COC(=O)CCCCCCCCCCCC)OC(=O)CCCCCCCCCCCCC)OC(=O)CCCCCCCCCCCCCCCCCC(C)C. The van der Waals surface area contributed by atoms with Gasteiger partial charge in [-0.2, -0.15) is 0 Å². The number of aliphatic hydroxyl groups is 1. The summed E-state index contributed by atoms with van der Waals surface area (Å²) in [6.07, 6.45) is 55.3. The van der Waals surface area contributed by atoms with E-state index in [4.69, 9.17) is 37.0 Å². The highest BCUT2D eigenvalue weighted by Gasteiger charge is 2.30. The van der Waals surface area contributed by atoms with Crippen LogP contribution in [0.25, 0.3) is 0 Å². The standard InChI is InChI=1S/C74H144O17P2/c1-6-9-12-15-18-21-24-25-30-34-38-43-48-53-58-72(77)85-64-70(91-74(79)60-55-50-45-40-35-31-28-26-27-29-33-36-41-46-51-56-67(4)5)66-89-93(82,83)87-62-68(75)61-86-92(80,81)88-65-69(63-84-71(76)57-52-47-42-37-23-20-17-14-11-8-3)90-73(78)59-54-49-44-39-32-22-19-16-13-10-7-2/h67-70,75H,6-66H2,1-5H3,(H,80,81)(H,82,83)/t68-,69+,70+/m0/s1. The van der Waals surface area contributed by atoms with Crippen molar-refractivity contribution >= 4 is 39.5 Å². The molecule has 0 aromatic heterocycles. The fraction of sp³-hybridized carbons (Fsp3) is 0.946. The molecule has 0 bridgehead atoms. The topological polar surface area (TPSA) is 237 Å². The fourth-order valence-electron chi connectivity index (χ4n) is 11.4. The average molecular weight is 1370 g/mol. The van der Waals surface area contributed by atoms with Gasteiger partial charge in [0.05, 0.1) is 26.4 Å². The molecule has 0 amide bonds. The number of ether oxygens (including phenoxy) is 4. The van der Waals surface area contributed by atoms with Crippen molar-refractivity contribution in [3.05, 3.63) is 0 Å². The number of rotatable bonds is 74. The van der Waals surface area contributed by atoms with E-state index in [2.05, 4.69) is 34.6 Å². The highest BCUT2D eigenvalue weighted by Crippen LogP contribution is 2.45. The monoisotopic (exact) mass is 1370 g/mol. The van der Waals surface area contributed by atoms with E-state index in [9.17, 15) is 43.2 Å². The molecule has 0 heterocycles. The third kappa shape index (κ3) is 68.4. The lowest BCUT2D eigenvalue weighted by Crippen LogP contribution is -2.30. The molecule has 0 rings (SSSR count). The summed E-state index contributed by atoms with van der Waals surface area (Å²) in [4.78, 5) is 72.7. The first-order chi connectivity index (χ1) is 45.0. The molecule has 552 valence electrons. The molecule has 2 unspecified atom stereocenters. The average Bonchev–Trinajstić information content (AvgIpc) is 3.69. The summed E-state index contributed by atoms with van der Waals surface area (Å²) >= 11 is 0. The molecule has 0 aromatic carbocycles. The smallest absolute Gasteiger partial charge is 0.462 e. The van der Waals surface area contributed by atoms with Crippen molar-refractivity contribution < 1.29 is 80.2 Å². The van der Waals surface area contributed by atoms with Gasteiger partial charge >= 0.3 is 39.5 Å². The summed E-state index contributed by atoms with van der Waals surface area (Å²) in [5.74, 6) is -1.31. The van der Waals surface area contributed by atoms with Gasteiger partial charge in [-0.1, -0.05) is 336 Å². The number of phosphoric acid groups is 2. The minimum atomic E-state index is -4.95. The lowest BCUT2D eigenvalue weighted by molar-refractivity contribution is -0.161. The van der Waals surface area contributed by atoms with Crippen molar-refractivity contribution in [3.63, 3.8) is 0 Å². The summed E-state index contributed by atoms with van der Waals surface area (Å²) in [5, 5.41) is 10.6. The number of carbonyl (C=O) groups is 4. The number of carbonyl (C=O) groups excluding carboxylic acids is 4. The number of aliphatic hydroxyl groups excluding tert-OH is 1. The molecule has 93 heavy (non-hydrogen) atoms. The van der Waals surface area contributed by atoms with Crippen LogP contribution in [0.2, 0.25) is 0 Å². The Hall–Kier alpha value is -1.94. The Bertz CT molecular complexity index is 1790. The number of hydrogen-bond acceptors (Lipinski definition) is 15. The van der Waals surface area contributed by atoms with Crippen molar-refractivity contribution in [3.8, 4) is 0 Å². The van der Waals surface area contributed by atoms with Crippen LogP contribution >= 0.6 is 15.6 Å². The van der Waals surface area contributed by atoms with Gasteiger partial charge in [0.2, 0.25) is 0 Å². The van der Waals surface area contributed by atoms with Crippen molar-refractivity contribution in [1.82, 2.24) is 0 Å². The molecule has 3 N–H and O–H groups in total. The van der Waals surface area contributed by atoms with Crippen LogP contribution in [0.5, 0.6) is 0 Å². The Balaban J connectivity index is 5.22. The molecule has 0 saturated heterocycles. The zero-order valence-electron chi connectivity index (χ0n) is 60.4. The van der Waals surface area contributed by atoms with E-state index in [1.165, 1.54) is 212 Å². The zero-order valence-corrected chi connectivity index (χ0v) is 62.2. The first-order valence-electron chi connectivity index (χ1n) is 38.6. The first-order valence-corrected chi connectivity index (χ1v) is 41.6. The predicted molar refractivity (Wildman–Crippen MR) is 377 cm³/mol. The van der Waals surface area contributed by atoms with Crippen molar-refractivity contribution in [2.75, 3.05) is 39.6 Å². The van der Waals surface area contributed by atoms with Crippen LogP contribution in [0.15, 0.2) is 0 Å². The summed E-state index contributed by atoms with van der Waals surface area (Å²) < 4.78 is 68.4. The molecule has 0 aliphatic carbocycles. The highest BCUT2D eigenvalue weighted by atomic mass is 31.2. The fourth-order valence-corrected chi connectivity index (χ4v) is 12.9. The maximum absolute atomic E-state index is 13.1.